The highest BCUT2D eigenvalue weighted by Gasteiger charge is 2.25. The van der Waals surface area contributed by atoms with Gasteiger partial charge in [-0.25, -0.2) is 4.98 Å². The van der Waals surface area contributed by atoms with E-state index >= 15 is 0 Å². The van der Waals surface area contributed by atoms with Crippen molar-refractivity contribution in [3.05, 3.63) is 40.8 Å². The Hall–Kier alpha value is -1.75. The van der Waals surface area contributed by atoms with E-state index in [1.807, 2.05) is 25.5 Å². The van der Waals surface area contributed by atoms with Crippen LogP contribution in [0.15, 0.2) is 28.1 Å². The zero-order valence-corrected chi connectivity index (χ0v) is 14.7. The van der Waals surface area contributed by atoms with Crippen LogP contribution in [0.25, 0.3) is 0 Å². The standard InChI is InChI=1S/C17H22N2O2S/c1-10-7-11(2)9-14(8-10)22-16-15(12(3)17(20)21-6)18-13(4)19(16)5/h7-9,12H,1-6H3. The molecule has 5 heteroatoms. The molecule has 4 nitrogen and oxygen atoms in total. The van der Waals surface area contributed by atoms with Crippen molar-refractivity contribution in [3.63, 3.8) is 0 Å². The first-order valence-electron chi connectivity index (χ1n) is 7.20. The van der Waals surface area contributed by atoms with E-state index < -0.39 is 0 Å². The highest BCUT2D eigenvalue weighted by Crippen LogP contribution is 2.35. The number of hydrogen-bond donors (Lipinski definition) is 0. The molecule has 118 valence electrons. The topological polar surface area (TPSA) is 44.1 Å². The Morgan fingerprint density at radius 2 is 1.82 bits per heavy atom. The number of rotatable bonds is 4. The number of carbonyl (C=O) groups excluding carboxylic acids is 1. The molecular weight excluding hydrogens is 296 g/mol. The van der Waals surface area contributed by atoms with Crippen molar-refractivity contribution in [2.45, 2.75) is 43.5 Å². The number of benzene rings is 1. The van der Waals surface area contributed by atoms with Crippen LogP contribution >= 0.6 is 11.8 Å². The number of esters is 1. The summed E-state index contributed by atoms with van der Waals surface area (Å²) >= 11 is 1.64. The second-order valence-corrected chi connectivity index (χ2v) is 6.64. The van der Waals surface area contributed by atoms with Crippen LogP contribution < -0.4 is 0 Å². The van der Waals surface area contributed by atoms with E-state index in [1.165, 1.54) is 18.2 Å². The van der Waals surface area contributed by atoms with Crippen molar-refractivity contribution in [2.24, 2.45) is 7.05 Å². The number of aromatic nitrogens is 2. The lowest BCUT2D eigenvalue weighted by Crippen LogP contribution is -2.12. The Balaban J connectivity index is 2.43. The molecule has 0 aliphatic heterocycles. The largest absolute Gasteiger partial charge is 0.469 e. The summed E-state index contributed by atoms with van der Waals surface area (Å²) in [4.78, 5) is 17.6. The lowest BCUT2D eigenvalue weighted by molar-refractivity contribution is -0.142. The molecule has 0 fully saturated rings. The molecule has 0 amide bonds. The maximum absolute atomic E-state index is 11.9. The van der Waals surface area contributed by atoms with Gasteiger partial charge in [0.25, 0.3) is 0 Å². The quantitative estimate of drug-likeness (QED) is 0.805. The molecule has 1 heterocycles. The van der Waals surface area contributed by atoms with E-state index in [1.54, 1.807) is 11.8 Å². The Bertz CT molecular complexity index is 687. The highest BCUT2D eigenvalue weighted by molar-refractivity contribution is 7.99. The average molecular weight is 318 g/mol. The SMILES string of the molecule is COC(=O)C(C)c1nc(C)n(C)c1Sc1cc(C)cc(C)c1. The molecule has 0 N–H and O–H groups in total. The molecule has 0 radical (unpaired) electrons. The predicted octanol–water partition coefficient (Wildman–Crippen LogP) is 3.77. The molecule has 1 aromatic heterocycles. The molecule has 22 heavy (non-hydrogen) atoms. The second-order valence-electron chi connectivity index (χ2n) is 5.58. The maximum atomic E-state index is 11.9. The molecule has 2 aromatic rings. The predicted molar refractivity (Wildman–Crippen MR) is 88.4 cm³/mol. The van der Waals surface area contributed by atoms with Crippen LogP contribution in [0, 0.1) is 20.8 Å². The van der Waals surface area contributed by atoms with Gasteiger partial charge >= 0.3 is 5.97 Å². The third kappa shape index (κ3) is 3.35. The van der Waals surface area contributed by atoms with Gasteiger partial charge < -0.3 is 9.30 Å². The summed E-state index contributed by atoms with van der Waals surface area (Å²) in [6.45, 7) is 7.95. The molecular formula is C17H22N2O2S. The average Bonchev–Trinajstić information content (AvgIpc) is 2.73. The third-order valence-corrected chi connectivity index (χ3v) is 4.81. The molecule has 0 saturated carbocycles. The lowest BCUT2D eigenvalue weighted by atomic mass is 10.1. The summed E-state index contributed by atoms with van der Waals surface area (Å²) in [5, 5.41) is 0.986. The summed E-state index contributed by atoms with van der Waals surface area (Å²) in [6, 6.07) is 6.44. The molecule has 0 aliphatic carbocycles. The Labute approximate surface area is 135 Å². The maximum Gasteiger partial charge on any atom is 0.314 e. The molecule has 1 atom stereocenters. The third-order valence-electron chi connectivity index (χ3n) is 3.67. The molecule has 0 bridgehead atoms. The smallest absolute Gasteiger partial charge is 0.314 e. The minimum Gasteiger partial charge on any atom is -0.469 e. The Morgan fingerprint density at radius 3 is 2.36 bits per heavy atom. The monoisotopic (exact) mass is 318 g/mol. The molecule has 2 rings (SSSR count). The Morgan fingerprint density at radius 1 is 1.23 bits per heavy atom. The molecule has 0 spiro atoms. The van der Waals surface area contributed by atoms with E-state index in [0.717, 1.165) is 21.4 Å². The summed E-state index contributed by atoms with van der Waals surface area (Å²) in [5.74, 6) is 0.247. The molecule has 1 unspecified atom stereocenters. The van der Waals surface area contributed by atoms with Crippen LogP contribution in [0.4, 0.5) is 0 Å². The van der Waals surface area contributed by atoms with Gasteiger partial charge in [0.15, 0.2) is 0 Å². The summed E-state index contributed by atoms with van der Waals surface area (Å²) in [6.07, 6.45) is 0. The number of nitrogens with zero attached hydrogens (tertiary/aromatic N) is 2. The van der Waals surface area contributed by atoms with Gasteiger partial charge in [-0.15, -0.1) is 0 Å². The lowest BCUT2D eigenvalue weighted by Gasteiger charge is -2.11. The van der Waals surface area contributed by atoms with Crippen LogP contribution in [0.3, 0.4) is 0 Å². The van der Waals surface area contributed by atoms with Gasteiger partial charge in [-0.05, 0) is 51.0 Å². The zero-order chi connectivity index (χ0) is 16.4. The fourth-order valence-corrected chi connectivity index (χ4v) is 3.72. The first-order chi connectivity index (χ1) is 10.3. The minimum absolute atomic E-state index is 0.264. The van der Waals surface area contributed by atoms with Crippen molar-refractivity contribution in [2.75, 3.05) is 7.11 Å². The van der Waals surface area contributed by atoms with Gasteiger partial charge in [0.2, 0.25) is 0 Å². The fourth-order valence-electron chi connectivity index (χ4n) is 2.41. The van der Waals surface area contributed by atoms with Crippen LogP contribution in [0.2, 0.25) is 0 Å². The minimum atomic E-state index is -0.377. The van der Waals surface area contributed by atoms with Gasteiger partial charge in [0.1, 0.15) is 10.9 Å². The number of imidazole rings is 1. The molecule has 0 aliphatic rings. The normalized spacial score (nSPS) is 12.3. The van der Waals surface area contributed by atoms with Gasteiger partial charge in [-0.1, -0.05) is 17.8 Å². The molecule has 1 aromatic carbocycles. The molecule has 0 saturated heterocycles. The second kappa shape index (κ2) is 6.57. The van der Waals surface area contributed by atoms with E-state index in [9.17, 15) is 4.79 Å². The Kier molecular flexibility index (Phi) is 4.96. The number of carbonyl (C=O) groups is 1. The number of methoxy groups -OCH3 is 1. The van der Waals surface area contributed by atoms with Gasteiger partial charge in [0, 0.05) is 11.9 Å². The van der Waals surface area contributed by atoms with Crippen LogP contribution in [0.5, 0.6) is 0 Å². The van der Waals surface area contributed by atoms with Crippen molar-refractivity contribution in [3.8, 4) is 0 Å². The van der Waals surface area contributed by atoms with Crippen molar-refractivity contribution in [1.29, 1.82) is 0 Å². The van der Waals surface area contributed by atoms with Crippen molar-refractivity contribution in [1.82, 2.24) is 9.55 Å². The van der Waals surface area contributed by atoms with Gasteiger partial charge in [-0.2, -0.15) is 0 Å². The zero-order valence-electron chi connectivity index (χ0n) is 13.9. The van der Waals surface area contributed by atoms with Crippen LogP contribution in [0.1, 0.15) is 35.5 Å². The van der Waals surface area contributed by atoms with Crippen LogP contribution in [-0.2, 0) is 16.6 Å². The fraction of sp³-hybridized carbons (Fsp3) is 0.412. The first kappa shape index (κ1) is 16.6. The van der Waals surface area contributed by atoms with E-state index in [2.05, 4.69) is 37.0 Å². The number of hydrogen-bond acceptors (Lipinski definition) is 4. The highest BCUT2D eigenvalue weighted by atomic mass is 32.2. The first-order valence-corrected chi connectivity index (χ1v) is 8.02. The van der Waals surface area contributed by atoms with Crippen LogP contribution in [-0.4, -0.2) is 22.6 Å². The van der Waals surface area contributed by atoms with Crippen molar-refractivity contribution >= 4 is 17.7 Å². The summed E-state index contributed by atoms with van der Waals surface area (Å²) in [7, 11) is 3.38. The number of ether oxygens (including phenoxy) is 1. The van der Waals surface area contributed by atoms with Gasteiger partial charge in [0.05, 0.1) is 18.7 Å². The van der Waals surface area contributed by atoms with Crippen molar-refractivity contribution < 1.29 is 9.53 Å². The number of aryl methyl sites for hydroxylation is 3. The van der Waals surface area contributed by atoms with E-state index in [-0.39, 0.29) is 11.9 Å². The van der Waals surface area contributed by atoms with E-state index in [0.29, 0.717) is 0 Å². The summed E-state index contributed by atoms with van der Waals surface area (Å²) < 4.78 is 6.89. The summed E-state index contributed by atoms with van der Waals surface area (Å²) in [5.41, 5.74) is 3.23. The van der Waals surface area contributed by atoms with E-state index in [4.69, 9.17) is 4.74 Å². The van der Waals surface area contributed by atoms with Gasteiger partial charge in [-0.3, -0.25) is 4.79 Å².